The normalized spacial score (nSPS) is 14.6. The zero-order valence-corrected chi connectivity index (χ0v) is 15.3. The maximum Gasteiger partial charge on any atom is 0.269 e. The summed E-state index contributed by atoms with van der Waals surface area (Å²) in [6.07, 6.45) is 3.92. The first-order chi connectivity index (χ1) is 12.2. The molecule has 4 rings (SSSR count). The fourth-order valence-electron chi connectivity index (χ4n) is 3.12. The van der Waals surface area contributed by atoms with Crippen LogP contribution in [0.3, 0.4) is 0 Å². The van der Waals surface area contributed by atoms with E-state index < -0.39 is 0 Å². The maximum absolute atomic E-state index is 10.8. The summed E-state index contributed by atoms with van der Waals surface area (Å²) in [5.41, 5.74) is 1.15. The Morgan fingerprint density at radius 1 is 0.800 bits per heavy atom. The van der Waals surface area contributed by atoms with Crippen LogP contribution in [0.4, 0.5) is 10.7 Å². The van der Waals surface area contributed by atoms with E-state index in [2.05, 4.69) is 29.2 Å². The van der Waals surface area contributed by atoms with Crippen molar-refractivity contribution in [2.75, 3.05) is 18.0 Å². The Morgan fingerprint density at radius 3 is 2.16 bits per heavy atom. The van der Waals surface area contributed by atoms with Crippen LogP contribution < -0.4 is 4.90 Å². The van der Waals surface area contributed by atoms with Gasteiger partial charge in [-0.05, 0) is 61.2 Å². The minimum Gasteiger partial charge on any atom is -0.363 e. The zero-order chi connectivity index (χ0) is 17.2. The van der Waals surface area contributed by atoms with Crippen LogP contribution in [0.2, 0.25) is 0 Å². The zero-order valence-electron chi connectivity index (χ0n) is 13.7. The van der Waals surface area contributed by atoms with Crippen LogP contribution in [-0.2, 0) is 0 Å². The molecule has 4 nitrogen and oxygen atoms in total. The van der Waals surface area contributed by atoms with Gasteiger partial charge in [-0.15, -0.1) is 22.7 Å². The van der Waals surface area contributed by atoms with Gasteiger partial charge in [0.2, 0.25) is 0 Å². The number of piperidine rings is 1. The van der Waals surface area contributed by atoms with Crippen LogP contribution in [0, 0.1) is 10.1 Å². The third kappa shape index (κ3) is 3.45. The lowest BCUT2D eigenvalue weighted by atomic mass is 10.1. The van der Waals surface area contributed by atoms with Crippen molar-refractivity contribution in [3.63, 3.8) is 0 Å². The quantitative estimate of drug-likeness (QED) is 0.415. The van der Waals surface area contributed by atoms with Crippen molar-refractivity contribution in [2.24, 2.45) is 0 Å². The maximum atomic E-state index is 10.8. The predicted octanol–water partition coefficient (Wildman–Crippen LogP) is 6.04. The Kier molecular flexibility index (Phi) is 4.55. The van der Waals surface area contributed by atoms with Gasteiger partial charge in [0, 0.05) is 39.9 Å². The molecule has 0 saturated carbocycles. The largest absolute Gasteiger partial charge is 0.363 e. The molecule has 0 radical (unpaired) electrons. The van der Waals surface area contributed by atoms with Crippen LogP contribution in [0.15, 0.2) is 48.5 Å². The molecule has 6 heteroatoms. The molecule has 0 atom stereocenters. The van der Waals surface area contributed by atoms with Crippen LogP contribution in [-0.4, -0.2) is 18.0 Å². The number of anilines is 1. The molecular formula is C19H18N2O2S2. The first kappa shape index (κ1) is 16.3. The van der Waals surface area contributed by atoms with Gasteiger partial charge in [-0.1, -0.05) is 0 Å². The number of nitro benzene ring substituents is 1. The number of rotatable bonds is 4. The van der Waals surface area contributed by atoms with Crippen molar-refractivity contribution in [1.29, 1.82) is 0 Å². The first-order valence-electron chi connectivity index (χ1n) is 8.40. The Labute approximate surface area is 154 Å². The van der Waals surface area contributed by atoms with E-state index in [1.54, 1.807) is 23.5 Å². The summed E-state index contributed by atoms with van der Waals surface area (Å²) in [5.74, 6) is 0. The lowest BCUT2D eigenvalue weighted by Crippen LogP contribution is -2.28. The number of nitro groups is 1. The monoisotopic (exact) mass is 370 g/mol. The van der Waals surface area contributed by atoms with Gasteiger partial charge < -0.3 is 4.90 Å². The minimum absolute atomic E-state index is 0.130. The van der Waals surface area contributed by atoms with Crippen LogP contribution >= 0.6 is 22.7 Å². The van der Waals surface area contributed by atoms with Crippen LogP contribution in [0.1, 0.15) is 19.3 Å². The summed E-state index contributed by atoms with van der Waals surface area (Å²) in [4.78, 5) is 16.6. The smallest absolute Gasteiger partial charge is 0.269 e. The number of benzene rings is 1. The molecule has 0 amide bonds. The van der Waals surface area contributed by atoms with Gasteiger partial charge in [0.25, 0.3) is 5.69 Å². The molecule has 1 aliphatic rings. The highest BCUT2D eigenvalue weighted by Crippen LogP contribution is 2.40. The average molecular weight is 370 g/mol. The van der Waals surface area contributed by atoms with E-state index in [1.165, 1.54) is 47.1 Å². The third-order valence-electron chi connectivity index (χ3n) is 4.47. The highest BCUT2D eigenvalue weighted by atomic mass is 32.1. The first-order valence-corrected chi connectivity index (χ1v) is 10.0. The number of non-ortho nitro benzene ring substituents is 1. The summed E-state index contributed by atoms with van der Waals surface area (Å²) in [7, 11) is 0. The Bertz CT molecular complexity index is 877. The Hall–Kier alpha value is -2.18. The standard InChI is InChI=1S/C19H18N2O2S2/c22-21(23)15-6-4-14(5-7-15)16-8-9-17(24-16)18-10-11-19(25-18)20-12-2-1-3-13-20/h4-11H,1-3,12-13H2. The summed E-state index contributed by atoms with van der Waals surface area (Å²) in [6.45, 7) is 2.33. The van der Waals surface area contributed by atoms with Gasteiger partial charge in [-0.2, -0.15) is 0 Å². The van der Waals surface area contributed by atoms with Crippen molar-refractivity contribution < 1.29 is 4.92 Å². The van der Waals surface area contributed by atoms with Gasteiger partial charge in [0.1, 0.15) is 0 Å². The topological polar surface area (TPSA) is 46.4 Å². The third-order valence-corrected chi connectivity index (χ3v) is 6.95. The van der Waals surface area contributed by atoms with Crippen molar-refractivity contribution in [2.45, 2.75) is 19.3 Å². The fraction of sp³-hybridized carbons (Fsp3) is 0.263. The van der Waals surface area contributed by atoms with E-state index in [0.29, 0.717) is 0 Å². The predicted molar refractivity (Wildman–Crippen MR) is 106 cm³/mol. The van der Waals surface area contributed by atoms with Crippen LogP contribution in [0.5, 0.6) is 0 Å². The molecular weight excluding hydrogens is 352 g/mol. The molecule has 1 fully saturated rings. The van der Waals surface area contributed by atoms with E-state index in [0.717, 1.165) is 10.4 Å². The van der Waals surface area contributed by atoms with E-state index in [9.17, 15) is 10.1 Å². The molecule has 0 spiro atoms. The minimum atomic E-state index is -0.364. The van der Waals surface area contributed by atoms with Crippen molar-refractivity contribution in [1.82, 2.24) is 0 Å². The summed E-state index contributed by atoms with van der Waals surface area (Å²) in [6, 6.07) is 15.5. The SMILES string of the molecule is O=[N+]([O-])c1ccc(-c2ccc(-c3ccc(N4CCCCC4)s3)s2)cc1. The Morgan fingerprint density at radius 2 is 1.44 bits per heavy atom. The van der Waals surface area contributed by atoms with Gasteiger partial charge >= 0.3 is 0 Å². The van der Waals surface area contributed by atoms with Gasteiger partial charge in [0.15, 0.2) is 0 Å². The number of hydrogen-bond donors (Lipinski definition) is 0. The molecule has 2 aromatic heterocycles. The lowest BCUT2D eigenvalue weighted by Gasteiger charge is -2.27. The van der Waals surface area contributed by atoms with E-state index >= 15 is 0 Å². The highest BCUT2D eigenvalue weighted by Gasteiger charge is 2.14. The molecule has 128 valence electrons. The molecule has 1 aliphatic heterocycles. The summed E-state index contributed by atoms with van der Waals surface area (Å²) in [5, 5.41) is 12.1. The molecule has 1 aromatic carbocycles. The van der Waals surface area contributed by atoms with E-state index in [-0.39, 0.29) is 10.6 Å². The second kappa shape index (κ2) is 6.98. The summed E-state index contributed by atoms with van der Waals surface area (Å²) < 4.78 is 0. The molecule has 1 saturated heterocycles. The van der Waals surface area contributed by atoms with E-state index in [4.69, 9.17) is 0 Å². The molecule has 0 aliphatic carbocycles. The van der Waals surface area contributed by atoms with Gasteiger partial charge in [-0.3, -0.25) is 10.1 Å². The van der Waals surface area contributed by atoms with Crippen molar-refractivity contribution in [3.05, 3.63) is 58.6 Å². The van der Waals surface area contributed by atoms with Gasteiger partial charge in [-0.25, -0.2) is 0 Å². The molecule has 3 heterocycles. The number of nitrogens with zero attached hydrogens (tertiary/aromatic N) is 2. The van der Waals surface area contributed by atoms with E-state index in [1.807, 2.05) is 23.5 Å². The molecule has 0 unspecified atom stereocenters. The average Bonchev–Trinajstić information content (AvgIpc) is 3.32. The lowest BCUT2D eigenvalue weighted by molar-refractivity contribution is -0.384. The van der Waals surface area contributed by atoms with Crippen molar-refractivity contribution >= 4 is 33.4 Å². The van der Waals surface area contributed by atoms with Crippen LogP contribution in [0.25, 0.3) is 20.2 Å². The highest BCUT2D eigenvalue weighted by molar-refractivity contribution is 7.25. The summed E-state index contributed by atoms with van der Waals surface area (Å²) >= 11 is 3.59. The Balaban J connectivity index is 1.54. The second-order valence-electron chi connectivity index (χ2n) is 6.15. The molecule has 25 heavy (non-hydrogen) atoms. The fourth-order valence-corrected chi connectivity index (χ4v) is 5.28. The number of hydrogen-bond acceptors (Lipinski definition) is 5. The molecule has 0 bridgehead atoms. The molecule has 0 N–H and O–H groups in total. The molecule has 3 aromatic rings. The number of thiophene rings is 2. The second-order valence-corrected chi connectivity index (χ2v) is 8.30. The van der Waals surface area contributed by atoms with Crippen molar-refractivity contribution in [3.8, 4) is 20.2 Å². The van der Waals surface area contributed by atoms with Gasteiger partial charge in [0.05, 0.1) is 9.92 Å².